The van der Waals surface area contributed by atoms with Crippen molar-refractivity contribution in [2.24, 2.45) is 5.73 Å². The highest BCUT2D eigenvalue weighted by atomic mass is 14.8. The van der Waals surface area contributed by atoms with E-state index in [0.717, 1.165) is 11.1 Å². The minimum atomic E-state index is 0.530. The molecule has 13 heavy (non-hydrogen) atoms. The Morgan fingerprint density at radius 3 is 2.92 bits per heavy atom. The normalized spacial score (nSPS) is 9.08. The van der Waals surface area contributed by atoms with E-state index in [9.17, 15) is 0 Å². The summed E-state index contributed by atoms with van der Waals surface area (Å²) in [5.74, 6) is 6.48. The lowest BCUT2D eigenvalue weighted by Crippen LogP contribution is -1.96. The molecular formula is C10H13N3. The molecule has 0 saturated carbocycles. The Kier molecular flexibility index (Phi) is 3.30. The Morgan fingerprint density at radius 2 is 2.31 bits per heavy atom. The van der Waals surface area contributed by atoms with Gasteiger partial charge in [-0.1, -0.05) is 11.8 Å². The van der Waals surface area contributed by atoms with Gasteiger partial charge in [-0.15, -0.1) is 0 Å². The Labute approximate surface area is 78.2 Å². The van der Waals surface area contributed by atoms with Gasteiger partial charge in [0.15, 0.2) is 0 Å². The summed E-state index contributed by atoms with van der Waals surface area (Å²) in [6.45, 7) is 2.55. The van der Waals surface area contributed by atoms with Gasteiger partial charge in [0, 0.05) is 24.7 Å². The van der Waals surface area contributed by atoms with Crippen LogP contribution in [0.3, 0.4) is 0 Å². The standard InChI is InChI=1S/C10H13N3/c1-8-6-10(12)13-7-9(8)4-2-3-5-11/h6-7H,3,5,11H2,1H3,(H2,12,13). The van der Waals surface area contributed by atoms with Crippen molar-refractivity contribution >= 4 is 5.82 Å². The van der Waals surface area contributed by atoms with Crippen molar-refractivity contribution < 1.29 is 0 Å². The zero-order valence-electron chi connectivity index (χ0n) is 7.67. The quantitative estimate of drug-likeness (QED) is 0.617. The topological polar surface area (TPSA) is 64.9 Å². The number of pyridine rings is 1. The first kappa shape index (κ1) is 9.56. The van der Waals surface area contributed by atoms with Gasteiger partial charge >= 0.3 is 0 Å². The van der Waals surface area contributed by atoms with Crippen LogP contribution in [0.1, 0.15) is 17.5 Å². The number of aryl methyl sites for hydroxylation is 1. The summed E-state index contributed by atoms with van der Waals surface area (Å²) < 4.78 is 0. The number of nitrogen functional groups attached to an aromatic ring is 1. The van der Waals surface area contributed by atoms with Gasteiger partial charge in [0.2, 0.25) is 0 Å². The first-order chi connectivity index (χ1) is 6.24. The Morgan fingerprint density at radius 1 is 1.54 bits per heavy atom. The van der Waals surface area contributed by atoms with E-state index in [0.29, 0.717) is 18.8 Å². The fraction of sp³-hybridized carbons (Fsp3) is 0.300. The Balaban J connectivity index is 2.85. The van der Waals surface area contributed by atoms with Crippen LogP contribution < -0.4 is 11.5 Å². The molecule has 0 amide bonds. The minimum absolute atomic E-state index is 0.530. The summed E-state index contributed by atoms with van der Waals surface area (Å²) in [6.07, 6.45) is 2.40. The molecule has 0 aliphatic carbocycles. The summed E-state index contributed by atoms with van der Waals surface area (Å²) in [4.78, 5) is 3.96. The molecule has 0 unspecified atom stereocenters. The van der Waals surface area contributed by atoms with Crippen LogP contribution in [0, 0.1) is 18.8 Å². The fourth-order valence-corrected chi connectivity index (χ4v) is 0.938. The molecule has 3 heteroatoms. The molecule has 1 aromatic rings. The lowest BCUT2D eigenvalue weighted by Gasteiger charge is -1.97. The van der Waals surface area contributed by atoms with Gasteiger partial charge in [0.1, 0.15) is 5.82 Å². The van der Waals surface area contributed by atoms with Gasteiger partial charge in [-0.3, -0.25) is 0 Å². The van der Waals surface area contributed by atoms with Crippen molar-refractivity contribution in [3.05, 3.63) is 23.4 Å². The Hall–Kier alpha value is -1.53. The molecule has 0 aromatic carbocycles. The van der Waals surface area contributed by atoms with Crippen LogP contribution in [0.15, 0.2) is 12.3 Å². The molecule has 0 bridgehead atoms. The molecular weight excluding hydrogens is 162 g/mol. The summed E-state index contributed by atoms with van der Waals surface area (Å²) in [5.41, 5.74) is 12.8. The summed E-state index contributed by atoms with van der Waals surface area (Å²) in [7, 11) is 0. The van der Waals surface area contributed by atoms with Crippen molar-refractivity contribution in [2.45, 2.75) is 13.3 Å². The van der Waals surface area contributed by atoms with E-state index in [4.69, 9.17) is 11.5 Å². The van der Waals surface area contributed by atoms with Crippen LogP contribution >= 0.6 is 0 Å². The number of hydrogen-bond donors (Lipinski definition) is 2. The molecule has 0 spiro atoms. The molecule has 1 rings (SSSR count). The van der Waals surface area contributed by atoms with Gasteiger partial charge in [0.25, 0.3) is 0 Å². The van der Waals surface area contributed by atoms with Gasteiger partial charge in [-0.2, -0.15) is 0 Å². The number of nitrogens with two attached hydrogens (primary N) is 2. The van der Waals surface area contributed by atoms with E-state index in [-0.39, 0.29) is 0 Å². The van der Waals surface area contributed by atoms with E-state index >= 15 is 0 Å². The van der Waals surface area contributed by atoms with Gasteiger partial charge in [0.05, 0.1) is 0 Å². The zero-order valence-corrected chi connectivity index (χ0v) is 7.67. The molecule has 1 aromatic heterocycles. The van der Waals surface area contributed by atoms with Crippen LogP contribution in [0.25, 0.3) is 0 Å². The lowest BCUT2D eigenvalue weighted by molar-refractivity contribution is 1.03. The van der Waals surface area contributed by atoms with Crippen molar-refractivity contribution in [3.8, 4) is 11.8 Å². The summed E-state index contributed by atoms with van der Waals surface area (Å²) >= 11 is 0. The lowest BCUT2D eigenvalue weighted by atomic mass is 10.1. The first-order valence-electron chi connectivity index (χ1n) is 4.15. The number of rotatable bonds is 1. The maximum atomic E-state index is 5.50. The number of hydrogen-bond acceptors (Lipinski definition) is 3. The molecule has 0 aliphatic rings. The average Bonchev–Trinajstić information content (AvgIpc) is 2.09. The third-order valence-corrected chi connectivity index (χ3v) is 1.62. The fourth-order valence-electron chi connectivity index (χ4n) is 0.938. The zero-order chi connectivity index (χ0) is 9.68. The van der Waals surface area contributed by atoms with E-state index in [1.807, 2.05) is 13.0 Å². The van der Waals surface area contributed by atoms with Crippen LogP contribution in [0.4, 0.5) is 5.82 Å². The van der Waals surface area contributed by atoms with Crippen LogP contribution in [-0.2, 0) is 0 Å². The van der Waals surface area contributed by atoms with E-state index in [2.05, 4.69) is 16.8 Å². The molecule has 0 aliphatic heterocycles. The average molecular weight is 175 g/mol. The molecule has 0 radical (unpaired) electrons. The summed E-state index contributed by atoms with van der Waals surface area (Å²) in [6, 6.07) is 1.81. The van der Waals surface area contributed by atoms with Crippen LogP contribution in [-0.4, -0.2) is 11.5 Å². The third kappa shape index (κ3) is 2.77. The maximum absolute atomic E-state index is 5.50. The van der Waals surface area contributed by atoms with Crippen LogP contribution in [0.5, 0.6) is 0 Å². The Bertz CT molecular complexity index is 347. The second-order valence-electron chi connectivity index (χ2n) is 2.76. The second kappa shape index (κ2) is 4.48. The number of anilines is 1. The maximum Gasteiger partial charge on any atom is 0.123 e. The number of aromatic nitrogens is 1. The highest BCUT2D eigenvalue weighted by Crippen LogP contribution is 2.07. The van der Waals surface area contributed by atoms with E-state index < -0.39 is 0 Å². The van der Waals surface area contributed by atoms with Crippen molar-refractivity contribution in [1.82, 2.24) is 4.98 Å². The predicted molar refractivity (Wildman–Crippen MR) is 53.9 cm³/mol. The van der Waals surface area contributed by atoms with E-state index in [1.54, 1.807) is 6.20 Å². The van der Waals surface area contributed by atoms with Crippen molar-refractivity contribution in [3.63, 3.8) is 0 Å². The molecule has 4 N–H and O–H groups in total. The smallest absolute Gasteiger partial charge is 0.123 e. The highest BCUT2D eigenvalue weighted by molar-refractivity contribution is 5.44. The summed E-state index contributed by atoms with van der Waals surface area (Å²) in [5, 5.41) is 0. The second-order valence-corrected chi connectivity index (χ2v) is 2.76. The molecule has 68 valence electrons. The molecule has 1 heterocycles. The van der Waals surface area contributed by atoms with Crippen molar-refractivity contribution in [1.29, 1.82) is 0 Å². The SMILES string of the molecule is Cc1cc(N)ncc1C#CCCN. The van der Waals surface area contributed by atoms with Crippen LogP contribution in [0.2, 0.25) is 0 Å². The monoisotopic (exact) mass is 175 g/mol. The van der Waals surface area contributed by atoms with Gasteiger partial charge < -0.3 is 11.5 Å². The molecule has 0 fully saturated rings. The predicted octanol–water partition coefficient (Wildman–Crippen LogP) is 0.673. The largest absolute Gasteiger partial charge is 0.384 e. The van der Waals surface area contributed by atoms with Gasteiger partial charge in [-0.25, -0.2) is 4.98 Å². The molecule has 0 atom stereocenters. The number of nitrogens with zero attached hydrogens (tertiary/aromatic N) is 1. The third-order valence-electron chi connectivity index (χ3n) is 1.62. The molecule has 3 nitrogen and oxygen atoms in total. The molecule has 0 saturated heterocycles. The van der Waals surface area contributed by atoms with Gasteiger partial charge in [-0.05, 0) is 18.6 Å². The van der Waals surface area contributed by atoms with Crippen molar-refractivity contribution in [2.75, 3.05) is 12.3 Å². The highest BCUT2D eigenvalue weighted by Gasteiger charge is 1.94. The van der Waals surface area contributed by atoms with E-state index in [1.165, 1.54) is 0 Å². The minimum Gasteiger partial charge on any atom is -0.384 e. The first-order valence-corrected chi connectivity index (χ1v) is 4.15.